The van der Waals surface area contributed by atoms with Gasteiger partial charge in [0.2, 0.25) is 5.91 Å². The molecule has 0 fully saturated rings. The molecule has 0 spiro atoms. The molecule has 31 heavy (non-hydrogen) atoms. The van der Waals surface area contributed by atoms with E-state index in [-0.39, 0.29) is 24.5 Å². The third-order valence-electron chi connectivity index (χ3n) is 5.13. The minimum atomic E-state index is -0.619. The number of hydrogen-bond donors (Lipinski definition) is 1. The molecule has 1 atom stereocenters. The summed E-state index contributed by atoms with van der Waals surface area (Å²) in [7, 11) is 0. The number of rotatable bonds is 8. The molecule has 5 nitrogen and oxygen atoms in total. The molecule has 2 amide bonds. The first-order valence-electron chi connectivity index (χ1n) is 10.6. The molecule has 0 saturated heterocycles. The van der Waals surface area contributed by atoms with E-state index in [1.54, 1.807) is 11.8 Å². The molecule has 162 valence electrons. The van der Waals surface area contributed by atoms with Gasteiger partial charge in [-0.25, -0.2) is 0 Å². The Morgan fingerprint density at radius 3 is 2.42 bits per heavy atom. The molecule has 0 radical (unpaired) electrons. The van der Waals surface area contributed by atoms with Crippen molar-refractivity contribution in [2.75, 3.05) is 6.61 Å². The van der Waals surface area contributed by atoms with Crippen LogP contribution in [0.1, 0.15) is 31.9 Å². The third-order valence-corrected chi connectivity index (χ3v) is 5.13. The van der Waals surface area contributed by atoms with E-state index in [1.165, 1.54) is 0 Å². The number of aryl methyl sites for hydroxylation is 1. The number of fused-ring (bicyclic) bond motifs is 1. The summed E-state index contributed by atoms with van der Waals surface area (Å²) in [4.78, 5) is 27.4. The fourth-order valence-corrected chi connectivity index (χ4v) is 3.54. The molecule has 0 saturated carbocycles. The van der Waals surface area contributed by atoms with Crippen molar-refractivity contribution < 1.29 is 14.3 Å². The average molecular weight is 419 g/mol. The van der Waals surface area contributed by atoms with E-state index in [0.29, 0.717) is 12.3 Å². The van der Waals surface area contributed by atoms with Gasteiger partial charge in [0, 0.05) is 18.0 Å². The smallest absolute Gasteiger partial charge is 0.261 e. The summed E-state index contributed by atoms with van der Waals surface area (Å²) in [6.07, 6.45) is 0. The van der Waals surface area contributed by atoms with Gasteiger partial charge in [-0.2, -0.15) is 0 Å². The van der Waals surface area contributed by atoms with E-state index in [4.69, 9.17) is 4.74 Å². The number of carbonyl (C=O) groups is 2. The maximum absolute atomic E-state index is 13.2. The number of benzene rings is 3. The maximum atomic E-state index is 13.2. The molecular weight excluding hydrogens is 388 g/mol. The Balaban J connectivity index is 1.79. The van der Waals surface area contributed by atoms with Crippen LogP contribution in [-0.2, 0) is 16.1 Å². The van der Waals surface area contributed by atoms with Crippen LogP contribution in [0.3, 0.4) is 0 Å². The molecular formula is C26H30N2O3. The predicted octanol–water partition coefficient (Wildman–Crippen LogP) is 4.47. The number of amides is 2. The van der Waals surface area contributed by atoms with Crippen LogP contribution >= 0.6 is 0 Å². The highest BCUT2D eigenvalue weighted by Gasteiger charge is 2.27. The van der Waals surface area contributed by atoms with Gasteiger partial charge in [-0.15, -0.1) is 0 Å². The van der Waals surface area contributed by atoms with Crippen LogP contribution in [0.25, 0.3) is 10.8 Å². The quantitative estimate of drug-likeness (QED) is 0.587. The zero-order valence-electron chi connectivity index (χ0n) is 18.6. The largest absolute Gasteiger partial charge is 0.483 e. The molecule has 1 N–H and O–H groups in total. The minimum absolute atomic E-state index is 0.00203. The first-order valence-corrected chi connectivity index (χ1v) is 10.6. The average Bonchev–Trinajstić information content (AvgIpc) is 2.75. The maximum Gasteiger partial charge on any atom is 0.261 e. The lowest BCUT2D eigenvalue weighted by molar-refractivity contribution is -0.142. The number of carbonyl (C=O) groups excluding carboxylic acids is 2. The summed E-state index contributed by atoms with van der Waals surface area (Å²) in [6, 6.07) is 21.0. The third kappa shape index (κ3) is 5.85. The first-order chi connectivity index (χ1) is 14.8. The first kappa shape index (κ1) is 22.3. The van der Waals surface area contributed by atoms with Crippen molar-refractivity contribution in [2.45, 2.75) is 46.3 Å². The molecule has 5 heteroatoms. The van der Waals surface area contributed by atoms with Crippen molar-refractivity contribution in [2.24, 2.45) is 0 Å². The highest BCUT2D eigenvalue weighted by molar-refractivity contribution is 5.90. The minimum Gasteiger partial charge on any atom is -0.483 e. The second-order valence-corrected chi connectivity index (χ2v) is 8.12. The summed E-state index contributed by atoms with van der Waals surface area (Å²) in [5, 5.41) is 4.90. The summed E-state index contributed by atoms with van der Waals surface area (Å²) in [5.41, 5.74) is 2.08. The molecule has 0 aliphatic rings. The second kappa shape index (κ2) is 10.1. The Bertz CT molecular complexity index is 1060. The van der Waals surface area contributed by atoms with Gasteiger partial charge < -0.3 is 15.0 Å². The summed E-state index contributed by atoms with van der Waals surface area (Å²) >= 11 is 0. The van der Waals surface area contributed by atoms with Crippen LogP contribution in [-0.4, -0.2) is 35.4 Å². The van der Waals surface area contributed by atoms with E-state index >= 15 is 0 Å². The monoisotopic (exact) mass is 418 g/mol. The van der Waals surface area contributed by atoms with Crippen LogP contribution in [0.4, 0.5) is 0 Å². The van der Waals surface area contributed by atoms with Gasteiger partial charge in [-0.3, -0.25) is 9.59 Å². The van der Waals surface area contributed by atoms with E-state index in [9.17, 15) is 9.59 Å². The fourth-order valence-electron chi connectivity index (χ4n) is 3.54. The standard InChI is InChI=1S/C26H30N2O3/c1-18(2)27-26(30)20(4)28(16-21-10-7-9-19(3)15-21)25(29)17-31-24-14-8-12-22-11-5-6-13-23(22)24/h5-15,18,20H,16-17H2,1-4H3,(H,27,30)/t20-/m0/s1. The number of nitrogens with one attached hydrogen (secondary N) is 1. The van der Waals surface area contributed by atoms with Gasteiger partial charge in [0.25, 0.3) is 5.91 Å². The molecule has 0 aliphatic carbocycles. The van der Waals surface area contributed by atoms with E-state index in [1.807, 2.05) is 87.5 Å². The summed E-state index contributed by atoms with van der Waals surface area (Å²) < 4.78 is 5.91. The number of nitrogens with zero attached hydrogens (tertiary/aromatic N) is 1. The SMILES string of the molecule is Cc1cccc(CN(C(=O)COc2cccc3ccccc23)[C@@H](C)C(=O)NC(C)C)c1. The molecule has 3 aromatic rings. The van der Waals surface area contributed by atoms with Crippen LogP contribution in [0.15, 0.2) is 66.7 Å². The van der Waals surface area contributed by atoms with E-state index in [0.717, 1.165) is 21.9 Å². The second-order valence-electron chi connectivity index (χ2n) is 8.12. The molecule has 3 aromatic carbocycles. The van der Waals surface area contributed by atoms with Crippen molar-refractivity contribution in [1.82, 2.24) is 10.2 Å². The van der Waals surface area contributed by atoms with Gasteiger partial charge in [-0.05, 0) is 44.7 Å². The molecule has 3 rings (SSSR count). The van der Waals surface area contributed by atoms with Crippen LogP contribution in [0.2, 0.25) is 0 Å². The number of ether oxygens (including phenoxy) is 1. The van der Waals surface area contributed by atoms with Gasteiger partial charge in [0.05, 0.1) is 0 Å². The lowest BCUT2D eigenvalue weighted by Crippen LogP contribution is -2.50. The van der Waals surface area contributed by atoms with Crippen molar-refractivity contribution >= 4 is 22.6 Å². The molecule has 0 aromatic heterocycles. The Kier molecular flexibility index (Phi) is 7.29. The molecule has 0 heterocycles. The van der Waals surface area contributed by atoms with Gasteiger partial charge in [0.15, 0.2) is 6.61 Å². The fraction of sp³-hybridized carbons (Fsp3) is 0.308. The Morgan fingerprint density at radius 1 is 0.968 bits per heavy atom. The molecule has 0 unspecified atom stereocenters. The topological polar surface area (TPSA) is 58.6 Å². The van der Waals surface area contributed by atoms with Crippen molar-refractivity contribution in [3.05, 3.63) is 77.9 Å². The van der Waals surface area contributed by atoms with Crippen molar-refractivity contribution in [3.63, 3.8) is 0 Å². The zero-order chi connectivity index (χ0) is 22.4. The predicted molar refractivity (Wildman–Crippen MR) is 124 cm³/mol. The lowest BCUT2D eigenvalue weighted by Gasteiger charge is -2.29. The summed E-state index contributed by atoms with van der Waals surface area (Å²) in [5.74, 6) is 0.239. The number of hydrogen-bond acceptors (Lipinski definition) is 3. The highest BCUT2D eigenvalue weighted by Crippen LogP contribution is 2.25. The Hall–Kier alpha value is -3.34. The lowest BCUT2D eigenvalue weighted by atomic mass is 10.1. The van der Waals surface area contributed by atoms with Crippen LogP contribution < -0.4 is 10.1 Å². The van der Waals surface area contributed by atoms with E-state index in [2.05, 4.69) is 5.32 Å². The van der Waals surface area contributed by atoms with Gasteiger partial charge in [0.1, 0.15) is 11.8 Å². The van der Waals surface area contributed by atoms with Crippen molar-refractivity contribution in [1.29, 1.82) is 0 Å². The molecule has 0 aliphatic heterocycles. The molecule has 0 bridgehead atoms. The Morgan fingerprint density at radius 2 is 1.68 bits per heavy atom. The van der Waals surface area contributed by atoms with Gasteiger partial charge in [-0.1, -0.05) is 66.2 Å². The zero-order valence-corrected chi connectivity index (χ0v) is 18.6. The van der Waals surface area contributed by atoms with Crippen LogP contribution in [0.5, 0.6) is 5.75 Å². The highest BCUT2D eigenvalue weighted by atomic mass is 16.5. The Labute approximate surface area is 184 Å². The van der Waals surface area contributed by atoms with Crippen LogP contribution in [0, 0.1) is 6.92 Å². The van der Waals surface area contributed by atoms with Crippen molar-refractivity contribution in [3.8, 4) is 5.75 Å². The normalized spacial score (nSPS) is 11.9. The van der Waals surface area contributed by atoms with E-state index < -0.39 is 6.04 Å². The van der Waals surface area contributed by atoms with Gasteiger partial charge >= 0.3 is 0 Å². The summed E-state index contributed by atoms with van der Waals surface area (Å²) in [6.45, 7) is 7.77.